The van der Waals surface area contributed by atoms with Gasteiger partial charge in [-0.15, -0.1) is 5.14 Å². The van der Waals surface area contributed by atoms with Crippen LogP contribution in [0, 0.1) is 0 Å². The van der Waals surface area contributed by atoms with E-state index in [1.165, 1.54) is 17.7 Å². The summed E-state index contributed by atoms with van der Waals surface area (Å²) in [6.45, 7) is 2.03. The third-order valence-corrected chi connectivity index (χ3v) is 3.89. The molecule has 2 rings (SSSR count). The Labute approximate surface area is 95.9 Å². The van der Waals surface area contributed by atoms with Gasteiger partial charge in [0.2, 0.25) is 0 Å². The molecular formula is C11H15N2O2S. The number of sulfonamides is 1. The van der Waals surface area contributed by atoms with Crippen molar-refractivity contribution in [2.75, 3.05) is 13.1 Å². The third kappa shape index (κ3) is 2.61. The van der Waals surface area contributed by atoms with Crippen LogP contribution in [0.1, 0.15) is 24.3 Å². The SMILES string of the molecule is [NH]S(=O)(=O)c1ccc(C2CCNCC2)cc1. The number of rotatable bonds is 2. The lowest BCUT2D eigenvalue weighted by atomic mass is 9.90. The molecule has 0 amide bonds. The van der Waals surface area contributed by atoms with Crippen molar-refractivity contribution in [3.8, 4) is 0 Å². The van der Waals surface area contributed by atoms with Crippen molar-refractivity contribution in [3.05, 3.63) is 29.8 Å². The number of piperidine rings is 1. The van der Waals surface area contributed by atoms with E-state index in [0.29, 0.717) is 5.92 Å². The van der Waals surface area contributed by atoms with Gasteiger partial charge >= 0.3 is 0 Å². The maximum Gasteiger partial charge on any atom is 0.254 e. The molecule has 2 N–H and O–H groups in total. The van der Waals surface area contributed by atoms with Gasteiger partial charge in [-0.2, -0.15) is 0 Å². The zero-order valence-electron chi connectivity index (χ0n) is 8.94. The second-order valence-corrected chi connectivity index (χ2v) is 5.58. The highest BCUT2D eigenvalue weighted by molar-refractivity contribution is 7.88. The molecule has 0 unspecified atom stereocenters. The Morgan fingerprint density at radius 2 is 1.69 bits per heavy atom. The van der Waals surface area contributed by atoms with Crippen molar-refractivity contribution in [1.29, 1.82) is 0 Å². The van der Waals surface area contributed by atoms with Gasteiger partial charge in [0.15, 0.2) is 0 Å². The molecule has 4 nitrogen and oxygen atoms in total. The quantitative estimate of drug-likeness (QED) is 0.841. The van der Waals surface area contributed by atoms with E-state index in [2.05, 4.69) is 5.32 Å². The maximum absolute atomic E-state index is 11.0. The number of hydrogen-bond donors (Lipinski definition) is 1. The summed E-state index contributed by atoms with van der Waals surface area (Å²) < 4.78 is 22.0. The maximum atomic E-state index is 11.0. The summed E-state index contributed by atoms with van der Waals surface area (Å²) in [5.74, 6) is 0.517. The van der Waals surface area contributed by atoms with Gasteiger partial charge in [-0.3, -0.25) is 0 Å². The first kappa shape index (κ1) is 11.6. The van der Waals surface area contributed by atoms with Gasteiger partial charge in [-0.05, 0) is 49.5 Å². The minimum Gasteiger partial charge on any atom is -0.317 e. The molecule has 0 atom stereocenters. The molecule has 0 aromatic heterocycles. The van der Waals surface area contributed by atoms with Crippen LogP contribution >= 0.6 is 0 Å². The molecule has 5 heteroatoms. The van der Waals surface area contributed by atoms with Gasteiger partial charge in [0, 0.05) is 0 Å². The normalized spacial score (nSPS) is 18.6. The molecule has 0 bridgehead atoms. The Kier molecular flexibility index (Phi) is 3.28. The summed E-state index contributed by atoms with van der Waals surface area (Å²) in [6, 6.07) is 6.72. The fourth-order valence-corrected chi connectivity index (χ4v) is 2.57. The summed E-state index contributed by atoms with van der Waals surface area (Å²) in [7, 11) is -3.81. The molecule has 1 aromatic rings. The van der Waals surface area contributed by atoms with Crippen LogP contribution < -0.4 is 10.5 Å². The fraction of sp³-hybridized carbons (Fsp3) is 0.455. The molecule has 1 aliphatic rings. The van der Waals surface area contributed by atoms with Crippen molar-refractivity contribution >= 4 is 10.0 Å². The molecule has 16 heavy (non-hydrogen) atoms. The van der Waals surface area contributed by atoms with Crippen molar-refractivity contribution in [2.24, 2.45) is 0 Å². The van der Waals surface area contributed by atoms with Crippen LogP contribution in [0.15, 0.2) is 29.2 Å². The first-order chi connectivity index (χ1) is 7.57. The molecule has 1 aliphatic heterocycles. The smallest absolute Gasteiger partial charge is 0.254 e. The van der Waals surface area contributed by atoms with E-state index in [1.54, 1.807) is 0 Å². The number of benzene rings is 1. The van der Waals surface area contributed by atoms with E-state index in [-0.39, 0.29) is 4.90 Å². The highest BCUT2D eigenvalue weighted by Gasteiger charge is 2.16. The van der Waals surface area contributed by atoms with Crippen LogP contribution in [0.5, 0.6) is 0 Å². The van der Waals surface area contributed by atoms with Gasteiger partial charge in [0.1, 0.15) is 0 Å². The minimum atomic E-state index is -3.81. The number of nitrogens with one attached hydrogen (secondary N) is 2. The van der Waals surface area contributed by atoms with Gasteiger partial charge in [-0.25, -0.2) is 8.42 Å². The van der Waals surface area contributed by atoms with Crippen LogP contribution in [-0.4, -0.2) is 21.5 Å². The van der Waals surface area contributed by atoms with E-state index in [4.69, 9.17) is 5.14 Å². The summed E-state index contributed by atoms with van der Waals surface area (Å²) in [5, 5.41) is 10.2. The molecule has 0 aliphatic carbocycles. The van der Waals surface area contributed by atoms with Crippen LogP contribution in [0.25, 0.3) is 0 Å². The van der Waals surface area contributed by atoms with Crippen LogP contribution in [0.3, 0.4) is 0 Å². The zero-order chi connectivity index (χ0) is 11.6. The highest BCUT2D eigenvalue weighted by Crippen LogP contribution is 2.25. The Bertz CT molecular complexity index is 447. The lowest BCUT2D eigenvalue weighted by molar-refractivity contribution is 0.460. The predicted molar refractivity (Wildman–Crippen MR) is 61.6 cm³/mol. The van der Waals surface area contributed by atoms with E-state index >= 15 is 0 Å². The van der Waals surface area contributed by atoms with E-state index < -0.39 is 10.0 Å². The lowest BCUT2D eigenvalue weighted by Crippen LogP contribution is -2.26. The Hall–Kier alpha value is -0.910. The largest absolute Gasteiger partial charge is 0.317 e. The van der Waals surface area contributed by atoms with Gasteiger partial charge in [0.25, 0.3) is 10.0 Å². The second-order valence-electron chi connectivity index (χ2n) is 4.10. The average molecular weight is 239 g/mol. The van der Waals surface area contributed by atoms with Gasteiger partial charge in [-0.1, -0.05) is 12.1 Å². The fourth-order valence-electron chi connectivity index (χ4n) is 2.07. The molecule has 1 aromatic carbocycles. The Balaban J connectivity index is 2.18. The third-order valence-electron chi connectivity index (χ3n) is 3.00. The predicted octanol–water partition coefficient (Wildman–Crippen LogP) is 1.13. The zero-order valence-corrected chi connectivity index (χ0v) is 9.76. The van der Waals surface area contributed by atoms with E-state index in [0.717, 1.165) is 25.9 Å². The average Bonchev–Trinajstić information content (AvgIpc) is 2.29. The highest BCUT2D eigenvalue weighted by atomic mass is 32.2. The minimum absolute atomic E-state index is 0.0742. The molecule has 0 spiro atoms. The second kappa shape index (κ2) is 4.53. The lowest BCUT2D eigenvalue weighted by Gasteiger charge is -2.22. The summed E-state index contributed by atoms with van der Waals surface area (Å²) >= 11 is 0. The first-order valence-corrected chi connectivity index (χ1v) is 6.86. The molecule has 87 valence electrons. The summed E-state index contributed by atoms with van der Waals surface area (Å²) in [4.78, 5) is 0.0742. The Morgan fingerprint density at radius 3 is 2.19 bits per heavy atom. The molecule has 1 radical (unpaired) electrons. The van der Waals surface area contributed by atoms with Crippen molar-refractivity contribution < 1.29 is 8.42 Å². The Morgan fingerprint density at radius 1 is 1.12 bits per heavy atom. The monoisotopic (exact) mass is 239 g/mol. The molecule has 0 saturated carbocycles. The van der Waals surface area contributed by atoms with Crippen LogP contribution in [-0.2, 0) is 10.0 Å². The molecule has 1 heterocycles. The molecule has 1 saturated heterocycles. The standard InChI is InChI=1S/C11H15N2O2S/c12-16(14,15)11-3-1-9(2-4-11)10-5-7-13-8-6-10/h1-4,10,12-13H,5-8H2. The first-order valence-electron chi connectivity index (χ1n) is 5.38. The molecular weight excluding hydrogens is 224 g/mol. The van der Waals surface area contributed by atoms with Crippen molar-refractivity contribution in [3.63, 3.8) is 0 Å². The van der Waals surface area contributed by atoms with Crippen LogP contribution in [0.4, 0.5) is 0 Å². The van der Waals surface area contributed by atoms with Gasteiger partial charge < -0.3 is 5.32 Å². The van der Waals surface area contributed by atoms with E-state index in [1.807, 2.05) is 12.1 Å². The van der Waals surface area contributed by atoms with Crippen LogP contribution in [0.2, 0.25) is 0 Å². The topological polar surface area (TPSA) is 70.0 Å². The van der Waals surface area contributed by atoms with Gasteiger partial charge in [0.05, 0.1) is 4.90 Å². The summed E-state index contributed by atoms with van der Waals surface area (Å²) in [6.07, 6.45) is 2.18. The molecule has 1 fully saturated rings. The van der Waals surface area contributed by atoms with Crippen molar-refractivity contribution in [1.82, 2.24) is 10.5 Å². The summed E-state index contributed by atoms with van der Waals surface area (Å²) in [5.41, 5.74) is 1.17. The van der Waals surface area contributed by atoms with Crippen molar-refractivity contribution in [2.45, 2.75) is 23.7 Å². The van der Waals surface area contributed by atoms with E-state index in [9.17, 15) is 8.42 Å². The number of hydrogen-bond acceptors (Lipinski definition) is 3.